The summed E-state index contributed by atoms with van der Waals surface area (Å²) in [6.07, 6.45) is 2.85. The summed E-state index contributed by atoms with van der Waals surface area (Å²) in [6.45, 7) is 4.62. The second-order valence-electron chi connectivity index (χ2n) is 4.60. The van der Waals surface area contributed by atoms with Crippen molar-refractivity contribution < 1.29 is 14.6 Å². The van der Waals surface area contributed by atoms with E-state index in [1.54, 1.807) is 23.9 Å². The van der Waals surface area contributed by atoms with Crippen LogP contribution in [0.2, 0.25) is 0 Å². The molecular weight excluding hydrogens is 274 g/mol. The summed E-state index contributed by atoms with van der Waals surface area (Å²) < 4.78 is 5.52. The zero-order chi connectivity index (χ0) is 15.0. The molecule has 0 aliphatic heterocycles. The van der Waals surface area contributed by atoms with Crippen LogP contribution in [0.15, 0.2) is 24.3 Å². The van der Waals surface area contributed by atoms with Gasteiger partial charge in [-0.1, -0.05) is 13.0 Å². The fourth-order valence-electron chi connectivity index (χ4n) is 1.77. The first-order valence-electron chi connectivity index (χ1n) is 6.79. The molecule has 0 saturated heterocycles. The molecule has 0 spiro atoms. The van der Waals surface area contributed by atoms with Crippen molar-refractivity contribution in [3.05, 3.63) is 29.8 Å². The number of carbonyl (C=O) groups is 1. The highest BCUT2D eigenvalue weighted by Crippen LogP contribution is 2.15. The third-order valence-corrected chi connectivity index (χ3v) is 4.13. The van der Waals surface area contributed by atoms with Crippen LogP contribution in [-0.4, -0.2) is 41.8 Å². The summed E-state index contributed by atoms with van der Waals surface area (Å²) in [7, 11) is 0. The first-order valence-corrected chi connectivity index (χ1v) is 8.08. The molecule has 4 nitrogen and oxygen atoms in total. The second-order valence-corrected chi connectivity index (χ2v) is 5.67. The van der Waals surface area contributed by atoms with E-state index in [9.17, 15) is 9.90 Å². The molecule has 112 valence electrons. The number of amides is 1. The third-order valence-electron chi connectivity index (χ3n) is 2.97. The third kappa shape index (κ3) is 5.06. The van der Waals surface area contributed by atoms with Gasteiger partial charge in [-0.25, -0.2) is 0 Å². The van der Waals surface area contributed by atoms with Crippen LogP contribution in [0.3, 0.4) is 0 Å². The molecule has 0 radical (unpaired) electrons. The maximum atomic E-state index is 12.2. The largest absolute Gasteiger partial charge is 0.494 e. The Morgan fingerprint density at radius 3 is 2.85 bits per heavy atom. The van der Waals surface area contributed by atoms with Gasteiger partial charge in [-0.05, 0) is 37.8 Å². The van der Waals surface area contributed by atoms with Crippen molar-refractivity contribution in [1.29, 1.82) is 0 Å². The Morgan fingerprint density at radius 2 is 2.25 bits per heavy atom. The number of hydrogen-bond donors (Lipinski definition) is 2. The zero-order valence-corrected chi connectivity index (χ0v) is 13.1. The number of ether oxygens (including phenoxy) is 1. The highest BCUT2D eigenvalue weighted by Gasteiger charge is 2.18. The summed E-state index contributed by atoms with van der Waals surface area (Å²) in [5.41, 5.74) is 0.572. The molecule has 0 bridgehead atoms. The molecule has 0 aromatic heterocycles. The fourth-order valence-corrected chi connectivity index (χ4v) is 2.39. The van der Waals surface area contributed by atoms with Crippen molar-refractivity contribution in [2.45, 2.75) is 31.6 Å². The van der Waals surface area contributed by atoms with Crippen LogP contribution in [0.5, 0.6) is 5.75 Å². The molecule has 0 aliphatic rings. The molecule has 1 rings (SSSR count). The van der Waals surface area contributed by atoms with E-state index in [1.807, 2.05) is 32.2 Å². The maximum Gasteiger partial charge on any atom is 0.251 e. The minimum absolute atomic E-state index is 0.00141. The molecule has 2 unspecified atom stereocenters. The molecule has 1 aromatic carbocycles. The molecule has 2 N–H and O–H groups in total. The standard InChI is InChI=1S/C15H23NO3S/c1-4-8-19-13-7-5-6-12(9-13)15(18)16-11(2)14(10-17)20-3/h5-7,9,11,14,17H,4,8,10H2,1-3H3,(H,16,18). The van der Waals surface area contributed by atoms with Gasteiger partial charge in [-0.3, -0.25) is 4.79 Å². The number of thioether (sulfide) groups is 1. The molecule has 5 heteroatoms. The summed E-state index contributed by atoms with van der Waals surface area (Å²) >= 11 is 1.54. The topological polar surface area (TPSA) is 58.6 Å². The van der Waals surface area contributed by atoms with E-state index in [0.717, 1.165) is 6.42 Å². The predicted molar refractivity (Wildman–Crippen MR) is 83.5 cm³/mol. The number of hydrogen-bond acceptors (Lipinski definition) is 4. The number of carbonyl (C=O) groups excluding carboxylic acids is 1. The Labute approximate surface area is 124 Å². The van der Waals surface area contributed by atoms with Gasteiger partial charge >= 0.3 is 0 Å². The molecule has 0 aliphatic carbocycles. The number of benzene rings is 1. The van der Waals surface area contributed by atoms with E-state index in [0.29, 0.717) is 17.9 Å². The van der Waals surface area contributed by atoms with Crippen molar-refractivity contribution in [3.8, 4) is 5.75 Å². The molecule has 1 amide bonds. The normalized spacial score (nSPS) is 13.6. The first kappa shape index (κ1) is 16.9. The van der Waals surface area contributed by atoms with Gasteiger partial charge in [0.25, 0.3) is 5.91 Å². The van der Waals surface area contributed by atoms with Crippen LogP contribution in [0.1, 0.15) is 30.6 Å². The van der Waals surface area contributed by atoms with Crippen molar-refractivity contribution in [2.75, 3.05) is 19.5 Å². The maximum absolute atomic E-state index is 12.2. The van der Waals surface area contributed by atoms with Crippen LogP contribution in [-0.2, 0) is 0 Å². The van der Waals surface area contributed by atoms with Gasteiger partial charge < -0.3 is 15.2 Å². The quantitative estimate of drug-likeness (QED) is 0.773. The summed E-state index contributed by atoms with van der Waals surface area (Å²) in [6, 6.07) is 7.05. The van der Waals surface area contributed by atoms with Crippen molar-refractivity contribution in [2.24, 2.45) is 0 Å². The number of rotatable bonds is 8. The van der Waals surface area contributed by atoms with E-state index >= 15 is 0 Å². The van der Waals surface area contributed by atoms with Crippen LogP contribution in [0.4, 0.5) is 0 Å². The second kappa shape index (κ2) is 8.87. The Bertz CT molecular complexity index is 421. The van der Waals surface area contributed by atoms with Gasteiger partial charge in [0.05, 0.1) is 13.2 Å². The van der Waals surface area contributed by atoms with Gasteiger partial charge in [-0.2, -0.15) is 11.8 Å². The van der Waals surface area contributed by atoms with E-state index in [4.69, 9.17) is 4.74 Å². The predicted octanol–water partition coefficient (Wildman–Crippen LogP) is 2.32. The van der Waals surface area contributed by atoms with Gasteiger partial charge in [0, 0.05) is 16.9 Å². The number of aliphatic hydroxyl groups excluding tert-OH is 1. The minimum Gasteiger partial charge on any atom is -0.494 e. The van der Waals surface area contributed by atoms with E-state index in [2.05, 4.69) is 5.32 Å². The van der Waals surface area contributed by atoms with Crippen molar-refractivity contribution in [1.82, 2.24) is 5.32 Å². The van der Waals surface area contributed by atoms with Crippen LogP contribution < -0.4 is 10.1 Å². The Hall–Kier alpha value is -1.20. The zero-order valence-electron chi connectivity index (χ0n) is 12.3. The van der Waals surface area contributed by atoms with Crippen molar-refractivity contribution >= 4 is 17.7 Å². The summed E-state index contributed by atoms with van der Waals surface area (Å²) in [4.78, 5) is 12.2. The molecule has 1 aromatic rings. The van der Waals surface area contributed by atoms with Crippen molar-refractivity contribution in [3.63, 3.8) is 0 Å². The monoisotopic (exact) mass is 297 g/mol. The van der Waals surface area contributed by atoms with Gasteiger partial charge in [0.15, 0.2) is 0 Å². The Morgan fingerprint density at radius 1 is 1.50 bits per heavy atom. The highest BCUT2D eigenvalue weighted by molar-refractivity contribution is 7.99. The lowest BCUT2D eigenvalue weighted by Gasteiger charge is -2.21. The smallest absolute Gasteiger partial charge is 0.251 e. The lowest BCUT2D eigenvalue weighted by atomic mass is 10.1. The summed E-state index contributed by atoms with van der Waals surface area (Å²) in [5.74, 6) is 0.558. The van der Waals surface area contributed by atoms with Gasteiger partial charge in [0.2, 0.25) is 0 Å². The Balaban J connectivity index is 2.67. The van der Waals surface area contributed by atoms with Crippen LogP contribution >= 0.6 is 11.8 Å². The SMILES string of the molecule is CCCOc1cccc(C(=O)NC(C)C(CO)SC)c1. The fraction of sp³-hybridized carbons (Fsp3) is 0.533. The van der Waals surface area contributed by atoms with Crippen LogP contribution in [0.25, 0.3) is 0 Å². The van der Waals surface area contributed by atoms with Crippen LogP contribution in [0, 0.1) is 0 Å². The lowest BCUT2D eigenvalue weighted by Crippen LogP contribution is -2.41. The van der Waals surface area contributed by atoms with Gasteiger partial charge in [0.1, 0.15) is 5.75 Å². The van der Waals surface area contributed by atoms with E-state index in [1.165, 1.54) is 0 Å². The minimum atomic E-state index is -0.146. The molecule has 2 atom stereocenters. The first-order chi connectivity index (χ1) is 9.62. The lowest BCUT2D eigenvalue weighted by molar-refractivity contribution is 0.0935. The molecular formula is C15H23NO3S. The molecule has 0 saturated carbocycles. The Kier molecular flexibility index (Phi) is 7.47. The number of nitrogens with one attached hydrogen (secondary N) is 1. The van der Waals surface area contributed by atoms with E-state index in [-0.39, 0.29) is 23.8 Å². The number of aliphatic hydroxyl groups is 1. The average molecular weight is 297 g/mol. The van der Waals surface area contributed by atoms with E-state index < -0.39 is 0 Å². The average Bonchev–Trinajstić information content (AvgIpc) is 2.46. The molecule has 0 fully saturated rings. The molecule has 20 heavy (non-hydrogen) atoms. The highest BCUT2D eigenvalue weighted by atomic mass is 32.2. The summed E-state index contributed by atoms with van der Waals surface area (Å²) in [5, 5.41) is 12.1. The van der Waals surface area contributed by atoms with Gasteiger partial charge in [-0.15, -0.1) is 0 Å². The molecule has 0 heterocycles.